The lowest BCUT2D eigenvalue weighted by atomic mass is 10.1. The van der Waals surface area contributed by atoms with E-state index in [0.29, 0.717) is 5.95 Å². The molecule has 2 saturated heterocycles. The molecule has 2 aliphatic heterocycles. The van der Waals surface area contributed by atoms with E-state index in [2.05, 4.69) is 27.1 Å². The minimum absolute atomic E-state index is 0.132. The number of nitrogens with one attached hydrogen (secondary N) is 1. The van der Waals surface area contributed by atoms with Gasteiger partial charge in [0.25, 0.3) is 0 Å². The van der Waals surface area contributed by atoms with E-state index < -0.39 is 5.60 Å². The first-order valence-electron chi connectivity index (χ1n) is 14.1. The summed E-state index contributed by atoms with van der Waals surface area (Å²) in [7, 11) is 0. The van der Waals surface area contributed by atoms with Crippen LogP contribution in [-0.2, 0) is 11.3 Å². The zero-order chi connectivity index (χ0) is 28.6. The molecule has 2 unspecified atom stereocenters. The van der Waals surface area contributed by atoms with Crippen LogP contribution in [-0.4, -0.2) is 71.5 Å². The fourth-order valence-corrected chi connectivity index (χ4v) is 5.53. The summed E-state index contributed by atoms with van der Waals surface area (Å²) in [4.78, 5) is 35.2. The van der Waals surface area contributed by atoms with Crippen LogP contribution in [0.5, 0.6) is 0 Å². The molecule has 212 valence electrons. The second-order valence-electron chi connectivity index (χ2n) is 11.5. The molecule has 2 aliphatic rings. The van der Waals surface area contributed by atoms with Gasteiger partial charge in [-0.15, -0.1) is 0 Å². The van der Waals surface area contributed by atoms with Crippen LogP contribution in [0.4, 0.5) is 22.2 Å². The number of fused-ring (bicyclic) bond motifs is 2. The molecule has 0 spiro atoms. The first-order valence-corrected chi connectivity index (χ1v) is 14.1. The number of hydrogen-bond donors (Lipinski definition) is 1. The van der Waals surface area contributed by atoms with Crippen molar-refractivity contribution >= 4 is 23.5 Å². The summed E-state index contributed by atoms with van der Waals surface area (Å²) in [5.41, 5.74) is 3.74. The molecule has 0 saturated carbocycles. The molecule has 2 bridgehead atoms. The summed E-state index contributed by atoms with van der Waals surface area (Å²) in [6.45, 7) is 10.0. The molecule has 41 heavy (non-hydrogen) atoms. The van der Waals surface area contributed by atoms with Crippen molar-refractivity contribution in [1.82, 2.24) is 34.6 Å². The third kappa shape index (κ3) is 5.70. The second kappa shape index (κ2) is 10.8. The highest BCUT2D eigenvalue weighted by molar-refractivity contribution is 5.78. The monoisotopic (exact) mass is 553 g/mol. The number of aromatic nitrogens is 6. The summed E-state index contributed by atoms with van der Waals surface area (Å²) < 4.78 is 7.57. The summed E-state index contributed by atoms with van der Waals surface area (Å²) in [6.07, 6.45) is 10.8. The van der Waals surface area contributed by atoms with E-state index in [0.717, 1.165) is 66.5 Å². The third-order valence-corrected chi connectivity index (χ3v) is 7.37. The molecule has 0 aromatic carbocycles. The zero-order valence-corrected chi connectivity index (χ0v) is 23.9. The standard InChI is InChI=1S/C30H35N9O2/c1-5-38-19-24(27(36-38)20-7-6-13-31-15-20)25-12-14-32-28(35-25)34-21-8-11-26(33-16-21)37-17-22-9-10-23(18-37)39(22)29(40)41-30(2,3)4/h6-8,11-16,19,22-23H,5,9-10,17-18H2,1-4H3,(H,32,34,35). The predicted molar refractivity (Wildman–Crippen MR) is 157 cm³/mol. The molecule has 1 N–H and O–H groups in total. The Morgan fingerprint density at radius 1 is 1.05 bits per heavy atom. The van der Waals surface area contributed by atoms with Gasteiger partial charge in [0.15, 0.2) is 0 Å². The number of pyridine rings is 2. The number of anilines is 3. The molecule has 11 nitrogen and oxygen atoms in total. The van der Waals surface area contributed by atoms with Crippen LogP contribution in [0.2, 0.25) is 0 Å². The lowest BCUT2D eigenvalue weighted by Crippen LogP contribution is -2.57. The quantitative estimate of drug-likeness (QED) is 0.346. The molecule has 6 rings (SSSR count). The van der Waals surface area contributed by atoms with Gasteiger partial charge in [0.05, 0.1) is 29.7 Å². The van der Waals surface area contributed by atoms with Crippen molar-refractivity contribution in [2.75, 3.05) is 23.3 Å². The highest BCUT2D eigenvalue weighted by atomic mass is 16.6. The van der Waals surface area contributed by atoms with Gasteiger partial charge >= 0.3 is 6.09 Å². The van der Waals surface area contributed by atoms with Crippen LogP contribution in [0.1, 0.15) is 40.5 Å². The number of aryl methyl sites for hydroxylation is 1. The average Bonchev–Trinajstić information content (AvgIpc) is 3.52. The van der Waals surface area contributed by atoms with Crippen LogP contribution in [0.3, 0.4) is 0 Å². The number of nitrogens with zero attached hydrogens (tertiary/aromatic N) is 8. The molecule has 6 heterocycles. The lowest BCUT2D eigenvalue weighted by molar-refractivity contribution is 0.0122. The molecule has 4 aromatic rings. The van der Waals surface area contributed by atoms with E-state index in [1.165, 1.54) is 0 Å². The molecule has 4 aromatic heterocycles. The number of piperazine rings is 1. The Morgan fingerprint density at radius 3 is 2.51 bits per heavy atom. The van der Waals surface area contributed by atoms with Gasteiger partial charge in [-0.05, 0) is 70.9 Å². The number of carbonyl (C=O) groups excluding carboxylic acids is 1. The van der Waals surface area contributed by atoms with E-state index in [9.17, 15) is 4.79 Å². The fourth-order valence-electron chi connectivity index (χ4n) is 5.53. The summed E-state index contributed by atoms with van der Waals surface area (Å²) in [5.74, 6) is 1.36. The Bertz CT molecular complexity index is 1500. The van der Waals surface area contributed by atoms with Gasteiger partial charge < -0.3 is 15.0 Å². The maximum atomic E-state index is 12.8. The van der Waals surface area contributed by atoms with Crippen LogP contribution < -0.4 is 10.2 Å². The van der Waals surface area contributed by atoms with Crippen molar-refractivity contribution in [3.8, 4) is 22.5 Å². The lowest BCUT2D eigenvalue weighted by Gasteiger charge is -2.41. The Balaban J connectivity index is 1.15. The number of amides is 1. The van der Waals surface area contributed by atoms with Crippen molar-refractivity contribution in [2.24, 2.45) is 0 Å². The van der Waals surface area contributed by atoms with E-state index in [1.807, 2.05) is 73.1 Å². The highest BCUT2D eigenvalue weighted by Crippen LogP contribution is 2.34. The molecule has 11 heteroatoms. The van der Waals surface area contributed by atoms with Crippen LogP contribution >= 0.6 is 0 Å². The van der Waals surface area contributed by atoms with E-state index in [4.69, 9.17) is 19.8 Å². The minimum Gasteiger partial charge on any atom is -0.444 e. The molecular formula is C30H35N9O2. The number of carbonyl (C=O) groups is 1. The molecule has 2 fully saturated rings. The largest absolute Gasteiger partial charge is 0.444 e. The van der Waals surface area contributed by atoms with Crippen molar-refractivity contribution in [1.29, 1.82) is 0 Å². The summed E-state index contributed by atoms with van der Waals surface area (Å²) in [6, 6.07) is 10.0. The number of ether oxygens (including phenoxy) is 1. The van der Waals surface area contributed by atoms with Crippen molar-refractivity contribution in [3.05, 3.63) is 61.3 Å². The molecular weight excluding hydrogens is 518 g/mol. The predicted octanol–water partition coefficient (Wildman–Crippen LogP) is 5.15. The van der Waals surface area contributed by atoms with E-state index >= 15 is 0 Å². The average molecular weight is 554 g/mol. The van der Waals surface area contributed by atoms with E-state index in [-0.39, 0.29) is 18.2 Å². The molecule has 0 radical (unpaired) electrons. The zero-order valence-electron chi connectivity index (χ0n) is 23.9. The van der Waals surface area contributed by atoms with Crippen LogP contribution in [0, 0.1) is 0 Å². The normalized spacial score (nSPS) is 18.4. The van der Waals surface area contributed by atoms with Gasteiger partial charge in [0, 0.05) is 55.5 Å². The van der Waals surface area contributed by atoms with Gasteiger partial charge in [-0.25, -0.2) is 19.7 Å². The van der Waals surface area contributed by atoms with Gasteiger partial charge in [0.1, 0.15) is 17.1 Å². The van der Waals surface area contributed by atoms with Gasteiger partial charge in [-0.1, -0.05) is 0 Å². The third-order valence-electron chi connectivity index (χ3n) is 7.37. The SMILES string of the molecule is CCn1cc(-c2ccnc(Nc3ccc(N4CC5CCC(C4)N5C(=O)OC(C)(C)C)nc3)n2)c(-c2cccnc2)n1. The Morgan fingerprint density at radius 2 is 1.85 bits per heavy atom. The first kappa shape index (κ1) is 26.7. The molecule has 0 aliphatic carbocycles. The van der Waals surface area contributed by atoms with Gasteiger partial charge in [-0.3, -0.25) is 14.6 Å². The fraction of sp³-hybridized carbons (Fsp3) is 0.400. The van der Waals surface area contributed by atoms with E-state index in [1.54, 1.807) is 18.6 Å². The van der Waals surface area contributed by atoms with Crippen LogP contribution in [0.25, 0.3) is 22.5 Å². The minimum atomic E-state index is -0.500. The Labute approximate surface area is 239 Å². The van der Waals surface area contributed by atoms with Gasteiger partial charge in [-0.2, -0.15) is 5.10 Å². The number of hydrogen-bond acceptors (Lipinski definition) is 9. The molecule has 2 atom stereocenters. The highest BCUT2D eigenvalue weighted by Gasteiger charge is 2.44. The van der Waals surface area contributed by atoms with Crippen molar-refractivity contribution in [2.45, 2.75) is 64.8 Å². The Kier molecular flexibility index (Phi) is 7.02. The smallest absolute Gasteiger partial charge is 0.410 e. The summed E-state index contributed by atoms with van der Waals surface area (Å²) in [5, 5.41) is 8.03. The number of rotatable bonds is 6. The molecule has 1 amide bonds. The van der Waals surface area contributed by atoms with Gasteiger partial charge in [0.2, 0.25) is 5.95 Å². The summed E-state index contributed by atoms with van der Waals surface area (Å²) >= 11 is 0. The topological polar surface area (TPSA) is 114 Å². The van der Waals surface area contributed by atoms with Crippen molar-refractivity contribution < 1.29 is 9.53 Å². The maximum Gasteiger partial charge on any atom is 0.410 e. The first-order chi connectivity index (χ1) is 19.8. The Hall–Kier alpha value is -4.54. The maximum absolute atomic E-state index is 12.8. The van der Waals surface area contributed by atoms with Crippen molar-refractivity contribution in [3.63, 3.8) is 0 Å². The second-order valence-corrected chi connectivity index (χ2v) is 11.5. The van der Waals surface area contributed by atoms with Crippen LogP contribution in [0.15, 0.2) is 61.3 Å².